The number of methoxy groups -OCH3 is 1. The summed E-state index contributed by atoms with van der Waals surface area (Å²) < 4.78 is 10.8. The average molecular weight is 472 g/mol. The summed E-state index contributed by atoms with van der Waals surface area (Å²) in [5, 5.41) is 4.25. The molecule has 3 aromatic rings. The lowest BCUT2D eigenvalue weighted by Crippen LogP contribution is -2.27. The molecule has 1 fully saturated rings. The van der Waals surface area contributed by atoms with E-state index in [0.717, 1.165) is 67.2 Å². The first-order valence-electron chi connectivity index (χ1n) is 10.9. The summed E-state index contributed by atoms with van der Waals surface area (Å²) in [5.41, 5.74) is 3.79. The molecule has 0 aromatic carbocycles. The fourth-order valence-electron chi connectivity index (χ4n) is 4.32. The van der Waals surface area contributed by atoms with Gasteiger partial charge in [-0.05, 0) is 44.0 Å². The SMILES string of the molecule is COc1ccc2ncc(Cl)c(CCN3CCC(CNCc4cc5c(cn4)OCS5)C3)c2n1. The molecule has 1 N–H and O–H groups in total. The highest BCUT2D eigenvalue weighted by atomic mass is 35.5. The highest BCUT2D eigenvalue weighted by Crippen LogP contribution is 2.35. The quantitative estimate of drug-likeness (QED) is 0.532. The third kappa shape index (κ3) is 4.78. The Kier molecular flexibility index (Phi) is 6.64. The fraction of sp³-hybridized carbons (Fsp3) is 0.435. The lowest BCUT2D eigenvalue weighted by Gasteiger charge is -2.17. The zero-order valence-corrected chi connectivity index (χ0v) is 19.6. The number of hydrogen-bond donors (Lipinski definition) is 1. The van der Waals surface area contributed by atoms with Crippen molar-refractivity contribution in [2.45, 2.75) is 24.3 Å². The normalized spacial score (nSPS) is 18.1. The van der Waals surface area contributed by atoms with Crippen LogP contribution in [0.1, 0.15) is 17.7 Å². The summed E-state index contributed by atoms with van der Waals surface area (Å²) in [5.74, 6) is 2.82. The Morgan fingerprint density at radius 3 is 3.16 bits per heavy atom. The Labute approximate surface area is 196 Å². The van der Waals surface area contributed by atoms with E-state index in [-0.39, 0.29) is 0 Å². The van der Waals surface area contributed by atoms with Gasteiger partial charge in [-0.3, -0.25) is 9.97 Å². The summed E-state index contributed by atoms with van der Waals surface area (Å²) in [6.07, 6.45) is 5.60. The Morgan fingerprint density at radius 2 is 2.25 bits per heavy atom. The van der Waals surface area contributed by atoms with E-state index in [1.165, 1.54) is 11.3 Å². The van der Waals surface area contributed by atoms with E-state index >= 15 is 0 Å². The number of halogens is 1. The topological polar surface area (TPSA) is 72.4 Å². The molecule has 168 valence electrons. The Bertz CT molecular complexity index is 1120. The van der Waals surface area contributed by atoms with Gasteiger partial charge < -0.3 is 19.7 Å². The molecule has 1 atom stereocenters. The molecule has 5 rings (SSSR count). The van der Waals surface area contributed by atoms with Crippen molar-refractivity contribution in [2.24, 2.45) is 5.92 Å². The molecule has 2 aliphatic heterocycles. The molecule has 1 saturated heterocycles. The summed E-state index contributed by atoms with van der Waals surface area (Å²) >= 11 is 8.21. The summed E-state index contributed by atoms with van der Waals surface area (Å²) in [7, 11) is 1.62. The lowest BCUT2D eigenvalue weighted by molar-refractivity contribution is 0.325. The van der Waals surface area contributed by atoms with Gasteiger partial charge in [0.2, 0.25) is 5.88 Å². The van der Waals surface area contributed by atoms with Crippen molar-refractivity contribution in [3.63, 3.8) is 0 Å². The zero-order chi connectivity index (χ0) is 21.9. The van der Waals surface area contributed by atoms with E-state index in [2.05, 4.69) is 31.2 Å². The van der Waals surface area contributed by atoms with Crippen molar-refractivity contribution in [1.82, 2.24) is 25.2 Å². The number of nitrogens with zero attached hydrogens (tertiary/aromatic N) is 4. The van der Waals surface area contributed by atoms with Crippen LogP contribution in [0.15, 0.2) is 35.5 Å². The minimum atomic E-state index is 0.583. The first-order valence-corrected chi connectivity index (χ1v) is 12.2. The van der Waals surface area contributed by atoms with Crippen molar-refractivity contribution in [1.29, 1.82) is 0 Å². The number of pyridine rings is 3. The van der Waals surface area contributed by atoms with Crippen LogP contribution < -0.4 is 14.8 Å². The largest absolute Gasteiger partial charge is 0.481 e. The fourth-order valence-corrected chi connectivity index (χ4v) is 5.34. The van der Waals surface area contributed by atoms with Crippen LogP contribution in [0, 0.1) is 5.92 Å². The van der Waals surface area contributed by atoms with Gasteiger partial charge in [0.15, 0.2) is 5.75 Å². The van der Waals surface area contributed by atoms with Gasteiger partial charge in [0.05, 0.1) is 40.0 Å². The summed E-state index contributed by atoms with van der Waals surface area (Å²) in [6, 6.07) is 5.89. The molecule has 0 radical (unpaired) electrons. The number of thioether (sulfide) groups is 1. The maximum Gasteiger partial charge on any atom is 0.213 e. The number of ether oxygens (including phenoxy) is 2. The van der Waals surface area contributed by atoms with Crippen LogP contribution in [0.5, 0.6) is 11.6 Å². The standard InChI is InChI=1S/C23H26ClN5O2S/c1-30-22-3-2-19-23(28-22)17(18(24)11-27-19)5-7-29-6-4-15(13-29)9-25-10-16-8-21-20(12-26-16)31-14-32-21/h2-3,8,11-12,15,25H,4-7,9-10,13-14H2,1H3. The number of hydrogen-bond acceptors (Lipinski definition) is 8. The molecule has 0 bridgehead atoms. The van der Waals surface area contributed by atoms with E-state index in [9.17, 15) is 0 Å². The van der Waals surface area contributed by atoms with E-state index in [1.807, 2.05) is 18.3 Å². The second kappa shape index (κ2) is 9.79. The van der Waals surface area contributed by atoms with Gasteiger partial charge in [-0.1, -0.05) is 23.4 Å². The molecular weight excluding hydrogens is 446 g/mol. The molecule has 9 heteroatoms. The van der Waals surface area contributed by atoms with Gasteiger partial charge in [-0.25, -0.2) is 4.98 Å². The molecule has 0 amide bonds. The van der Waals surface area contributed by atoms with E-state index < -0.39 is 0 Å². The predicted octanol–water partition coefficient (Wildman–Crippen LogP) is 3.78. The van der Waals surface area contributed by atoms with Gasteiger partial charge in [-0.2, -0.15) is 0 Å². The van der Waals surface area contributed by atoms with Gasteiger partial charge in [-0.15, -0.1) is 0 Å². The third-order valence-electron chi connectivity index (χ3n) is 6.05. The molecule has 0 aliphatic carbocycles. The van der Waals surface area contributed by atoms with Crippen molar-refractivity contribution in [3.8, 4) is 11.6 Å². The highest BCUT2D eigenvalue weighted by molar-refractivity contribution is 7.99. The summed E-state index contributed by atoms with van der Waals surface area (Å²) in [4.78, 5) is 17.2. The van der Waals surface area contributed by atoms with Crippen LogP contribution in [0.3, 0.4) is 0 Å². The van der Waals surface area contributed by atoms with Crippen LogP contribution in [-0.4, -0.2) is 59.1 Å². The Morgan fingerprint density at radius 1 is 1.31 bits per heavy atom. The zero-order valence-electron chi connectivity index (χ0n) is 18.0. The number of likely N-dealkylation sites (tertiary alicyclic amines) is 1. The maximum absolute atomic E-state index is 6.49. The number of rotatable bonds is 8. The van der Waals surface area contributed by atoms with Crippen LogP contribution in [-0.2, 0) is 13.0 Å². The minimum Gasteiger partial charge on any atom is -0.481 e. The van der Waals surface area contributed by atoms with Crippen LogP contribution in [0.2, 0.25) is 5.02 Å². The van der Waals surface area contributed by atoms with Gasteiger partial charge in [0, 0.05) is 37.5 Å². The highest BCUT2D eigenvalue weighted by Gasteiger charge is 2.23. The molecule has 2 aliphatic rings. The minimum absolute atomic E-state index is 0.583. The second-order valence-electron chi connectivity index (χ2n) is 8.17. The number of aromatic nitrogens is 3. The molecule has 32 heavy (non-hydrogen) atoms. The van der Waals surface area contributed by atoms with Crippen molar-refractivity contribution < 1.29 is 9.47 Å². The van der Waals surface area contributed by atoms with Crippen LogP contribution >= 0.6 is 23.4 Å². The van der Waals surface area contributed by atoms with Crippen molar-refractivity contribution in [3.05, 3.63) is 46.9 Å². The number of fused-ring (bicyclic) bond motifs is 2. The average Bonchev–Trinajstić information content (AvgIpc) is 3.47. The lowest BCUT2D eigenvalue weighted by atomic mass is 10.1. The molecule has 0 saturated carbocycles. The monoisotopic (exact) mass is 471 g/mol. The number of nitrogens with one attached hydrogen (secondary N) is 1. The van der Waals surface area contributed by atoms with Gasteiger partial charge >= 0.3 is 0 Å². The van der Waals surface area contributed by atoms with E-state index in [0.29, 0.717) is 22.8 Å². The van der Waals surface area contributed by atoms with Crippen molar-refractivity contribution in [2.75, 3.05) is 39.2 Å². The van der Waals surface area contributed by atoms with Gasteiger partial charge in [0.25, 0.3) is 0 Å². The molecule has 3 aromatic heterocycles. The molecule has 0 spiro atoms. The van der Waals surface area contributed by atoms with Gasteiger partial charge in [0.1, 0.15) is 5.94 Å². The predicted molar refractivity (Wildman–Crippen MR) is 127 cm³/mol. The molecule has 5 heterocycles. The van der Waals surface area contributed by atoms with E-state index in [1.54, 1.807) is 25.1 Å². The van der Waals surface area contributed by atoms with Crippen LogP contribution in [0.25, 0.3) is 11.0 Å². The second-order valence-corrected chi connectivity index (χ2v) is 9.54. The van der Waals surface area contributed by atoms with E-state index in [4.69, 9.17) is 21.1 Å². The molecule has 7 nitrogen and oxygen atoms in total. The Hall–Kier alpha value is -2.13. The van der Waals surface area contributed by atoms with Crippen LogP contribution in [0.4, 0.5) is 0 Å². The summed E-state index contributed by atoms with van der Waals surface area (Å²) in [6.45, 7) is 4.94. The van der Waals surface area contributed by atoms with Crippen molar-refractivity contribution >= 4 is 34.4 Å². The third-order valence-corrected chi connectivity index (χ3v) is 7.24. The Balaban J connectivity index is 1.13. The molecule has 1 unspecified atom stereocenters. The smallest absolute Gasteiger partial charge is 0.213 e. The molecular formula is C23H26ClN5O2S. The first kappa shape index (κ1) is 21.7. The maximum atomic E-state index is 6.49. The first-order chi connectivity index (χ1) is 15.7.